The summed E-state index contributed by atoms with van der Waals surface area (Å²) in [6, 6.07) is 12.9. The normalized spacial score (nSPS) is 11.8. The Morgan fingerprint density at radius 2 is 1.79 bits per heavy atom. The third-order valence-electron chi connectivity index (χ3n) is 4.13. The van der Waals surface area contributed by atoms with Crippen LogP contribution in [0.2, 0.25) is 5.02 Å². The van der Waals surface area contributed by atoms with Crippen LogP contribution in [-0.2, 0) is 4.79 Å². The molecule has 0 fully saturated rings. The van der Waals surface area contributed by atoms with Crippen LogP contribution >= 0.6 is 11.6 Å². The quantitative estimate of drug-likeness (QED) is 0.766. The van der Waals surface area contributed by atoms with Gasteiger partial charge in [0.1, 0.15) is 0 Å². The summed E-state index contributed by atoms with van der Waals surface area (Å²) >= 11 is 5.96. The summed E-state index contributed by atoms with van der Waals surface area (Å²) in [5, 5.41) is 3.54. The summed E-state index contributed by atoms with van der Waals surface area (Å²) in [5.41, 5.74) is 3.84. The van der Waals surface area contributed by atoms with Crippen LogP contribution < -0.4 is 5.32 Å². The Bertz CT molecular complexity index is 755. The average molecular weight is 344 g/mol. The molecule has 1 atom stereocenters. The summed E-state index contributed by atoms with van der Waals surface area (Å²) in [5.74, 6) is -0.150. The van der Waals surface area contributed by atoms with E-state index in [1.807, 2.05) is 57.2 Å². The van der Waals surface area contributed by atoms with Gasteiger partial charge in [0.15, 0.2) is 5.78 Å². The van der Waals surface area contributed by atoms with Crippen molar-refractivity contribution in [1.29, 1.82) is 0 Å². The van der Waals surface area contributed by atoms with Gasteiger partial charge in [-0.15, -0.1) is 0 Å². The first-order valence-electron chi connectivity index (χ1n) is 8.02. The maximum atomic E-state index is 12.2. The molecule has 4 heteroatoms. The lowest BCUT2D eigenvalue weighted by Crippen LogP contribution is -2.26. The number of hydrogen-bond acceptors (Lipinski definition) is 2. The topological polar surface area (TPSA) is 46.2 Å². The lowest BCUT2D eigenvalue weighted by molar-refractivity contribution is -0.121. The fraction of sp³-hybridized carbons (Fsp3) is 0.300. The summed E-state index contributed by atoms with van der Waals surface area (Å²) in [7, 11) is 0. The van der Waals surface area contributed by atoms with Gasteiger partial charge in [-0.2, -0.15) is 0 Å². The van der Waals surface area contributed by atoms with E-state index in [9.17, 15) is 9.59 Å². The maximum Gasteiger partial charge on any atom is 0.220 e. The van der Waals surface area contributed by atoms with Gasteiger partial charge in [-0.1, -0.05) is 35.9 Å². The number of rotatable bonds is 6. The lowest BCUT2D eigenvalue weighted by atomic mass is 10.0. The molecular weight excluding hydrogens is 322 g/mol. The zero-order chi connectivity index (χ0) is 17.7. The molecule has 0 saturated heterocycles. The van der Waals surface area contributed by atoms with Gasteiger partial charge >= 0.3 is 0 Å². The molecule has 0 aliphatic carbocycles. The Morgan fingerprint density at radius 1 is 1.04 bits per heavy atom. The van der Waals surface area contributed by atoms with Gasteiger partial charge in [0.05, 0.1) is 6.04 Å². The maximum absolute atomic E-state index is 12.2. The smallest absolute Gasteiger partial charge is 0.220 e. The highest BCUT2D eigenvalue weighted by Gasteiger charge is 2.13. The van der Waals surface area contributed by atoms with E-state index >= 15 is 0 Å². The molecule has 1 N–H and O–H groups in total. The molecule has 2 rings (SSSR count). The molecule has 3 nitrogen and oxygen atoms in total. The molecule has 0 aliphatic heterocycles. The number of nitrogens with one attached hydrogen (secondary N) is 1. The van der Waals surface area contributed by atoms with E-state index < -0.39 is 0 Å². The van der Waals surface area contributed by atoms with Crippen LogP contribution in [0.15, 0.2) is 42.5 Å². The van der Waals surface area contributed by atoms with E-state index in [2.05, 4.69) is 5.32 Å². The lowest BCUT2D eigenvalue weighted by Gasteiger charge is -2.14. The van der Waals surface area contributed by atoms with Crippen molar-refractivity contribution in [2.75, 3.05) is 0 Å². The monoisotopic (exact) mass is 343 g/mol. The standard InChI is InChI=1S/C20H22ClNO2/c1-13-7-8-17(11-14(13)2)19(23)9-10-20(24)22-15(3)16-5-4-6-18(21)12-16/h4-8,11-12,15H,9-10H2,1-3H3,(H,22,24)/t15-/m0/s1. The zero-order valence-electron chi connectivity index (χ0n) is 14.2. The molecule has 24 heavy (non-hydrogen) atoms. The summed E-state index contributed by atoms with van der Waals surface area (Å²) in [6.07, 6.45) is 0.382. The highest BCUT2D eigenvalue weighted by Crippen LogP contribution is 2.18. The Kier molecular flexibility index (Phi) is 6.16. The van der Waals surface area contributed by atoms with E-state index in [4.69, 9.17) is 11.6 Å². The molecule has 0 aromatic heterocycles. The van der Waals surface area contributed by atoms with Gasteiger partial charge in [-0.25, -0.2) is 0 Å². The molecule has 0 heterocycles. The minimum Gasteiger partial charge on any atom is -0.350 e. The zero-order valence-corrected chi connectivity index (χ0v) is 15.0. The van der Waals surface area contributed by atoms with Crippen molar-refractivity contribution in [1.82, 2.24) is 5.32 Å². The molecular formula is C20H22ClNO2. The molecule has 0 saturated carbocycles. The Balaban J connectivity index is 1.88. The van der Waals surface area contributed by atoms with Crippen molar-refractivity contribution in [2.45, 2.75) is 39.7 Å². The van der Waals surface area contributed by atoms with Crippen LogP contribution in [0.5, 0.6) is 0 Å². The van der Waals surface area contributed by atoms with Gasteiger partial charge in [0.2, 0.25) is 5.91 Å². The second kappa shape index (κ2) is 8.11. The van der Waals surface area contributed by atoms with E-state index in [-0.39, 0.29) is 30.6 Å². The molecule has 2 aromatic rings. The van der Waals surface area contributed by atoms with Gasteiger partial charge < -0.3 is 5.32 Å². The van der Waals surface area contributed by atoms with Crippen LogP contribution in [0.4, 0.5) is 0 Å². The minimum atomic E-state index is -0.145. The predicted molar refractivity (Wildman–Crippen MR) is 97.5 cm³/mol. The molecule has 0 unspecified atom stereocenters. The van der Waals surface area contributed by atoms with E-state index in [1.165, 1.54) is 0 Å². The van der Waals surface area contributed by atoms with Crippen molar-refractivity contribution in [2.24, 2.45) is 0 Å². The first-order valence-corrected chi connectivity index (χ1v) is 8.40. The van der Waals surface area contributed by atoms with E-state index in [1.54, 1.807) is 6.07 Å². The molecule has 126 valence electrons. The number of hydrogen-bond donors (Lipinski definition) is 1. The number of Topliss-reactive ketones (excluding diaryl/α,β-unsaturated/α-hetero) is 1. The van der Waals surface area contributed by atoms with Crippen LogP contribution in [0.1, 0.15) is 52.9 Å². The number of amides is 1. The number of ketones is 1. The average Bonchev–Trinajstić information content (AvgIpc) is 2.55. The van der Waals surface area contributed by atoms with Gasteiger partial charge in [-0.05, 0) is 55.7 Å². The summed E-state index contributed by atoms with van der Waals surface area (Å²) < 4.78 is 0. The fourth-order valence-corrected chi connectivity index (χ4v) is 2.66. The number of carbonyl (C=O) groups excluding carboxylic acids is 2. The van der Waals surface area contributed by atoms with Crippen LogP contribution in [0, 0.1) is 13.8 Å². The molecule has 0 aliphatic rings. The largest absolute Gasteiger partial charge is 0.350 e. The third-order valence-corrected chi connectivity index (χ3v) is 4.37. The molecule has 0 bridgehead atoms. The number of benzene rings is 2. The second-order valence-corrected chi connectivity index (χ2v) is 6.50. The third kappa shape index (κ3) is 4.93. The highest BCUT2D eigenvalue weighted by atomic mass is 35.5. The van der Waals surface area contributed by atoms with Crippen molar-refractivity contribution < 1.29 is 9.59 Å². The number of carbonyl (C=O) groups is 2. The van der Waals surface area contributed by atoms with Crippen molar-refractivity contribution in [3.8, 4) is 0 Å². The predicted octanol–water partition coefficient (Wildman–Crippen LogP) is 4.80. The highest BCUT2D eigenvalue weighted by molar-refractivity contribution is 6.30. The summed E-state index contributed by atoms with van der Waals surface area (Å²) in [4.78, 5) is 24.3. The molecule has 0 spiro atoms. The Hall–Kier alpha value is -2.13. The number of aryl methyl sites for hydroxylation is 2. The SMILES string of the molecule is Cc1ccc(C(=O)CCC(=O)N[C@@H](C)c2cccc(Cl)c2)cc1C. The fourth-order valence-electron chi connectivity index (χ4n) is 2.46. The second-order valence-electron chi connectivity index (χ2n) is 6.07. The Morgan fingerprint density at radius 3 is 2.46 bits per heavy atom. The van der Waals surface area contributed by atoms with Gasteiger partial charge in [-0.3, -0.25) is 9.59 Å². The number of halogens is 1. The Labute approximate surface area is 148 Å². The molecule has 2 aromatic carbocycles. The molecule has 1 amide bonds. The molecule has 0 radical (unpaired) electrons. The van der Waals surface area contributed by atoms with E-state index in [0.29, 0.717) is 10.6 Å². The van der Waals surface area contributed by atoms with Gasteiger partial charge in [0.25, 0.3) is 0 Å². The van der Waals surface area contributed by atoms with E-state index in [0.717, 1.165) is 16.7 Å². The van der Waals surface area contributed by atoms with Crippen molar-refractivity contribution in [3.05, 3.63) is 69.7 Å². The first kappa shape index (κ1) is 18.2. The summed E-state index contributed by atoms with van der Waals surface area (Å²) in [6.45, 7) is 5.88. The van der Waals surface area contributed by atoms with Crippen LogP contribution in [0.3, 0.4) is 0 Å². The van der Waals surface area contributed by atoms with Gasteiger partial charge in [0, 0.05) is 23.4 Å². The van der Waals surface area contributed by atoms with Crippen molar-refractivity contribution in [3.63, 3.8) is 0 Å². The first-order chi connectivity index (χ1) is 11.4. The van der Waals surface area contributed by atoms with Crippen molar-refractivity contribution >= 4 is 23.3 Å². The van der Waals surface area contributed by atoms with Crippen LogP contribution in [0.25, 0.3) is 0 Å². The minimum absolute atomic E-state index is 0.0105. The van der Waals surface area contributed by atoms with Crippen LogP contribution in [-0.4, -0.2) is 11.7 Å².